The molecule has 0 aliphatic heterocycles. The molecule has 0 heterocycles. The van der Waals surface area contributed by atoms with Crippen molar-refractivity contribution in [3.63, 3.8) is 0 Å². The first-order valence-electron chi connectivity index (χ1n) is 7.92. The zero-order valence-corrected chi connectivity index (χ0v) is 14.0. The molecule has 0 unspecified atom stereocenters. The van der Waals surface area contributed by atoms with E-state index in [4.69, 9.17) is 4.74 Å². The van der Waals surface area contributed by atoms with E-state index in [9.17, 15) is 4.79 Å². The van der Waals surface area contributed by atoms with E-state index in [-0.39, 0.29) is 6.03 Å². The van der Waals surface area contributed by atoms with Gasteiger partial charge in [-0.15, -0.1) is 0 Å². The number of hydrogen-bond donors (Lipinski definition) is 2. The first-order chi connectivity index (χ1) is 11.1. The van der Waals surface area contributed by atoms with Gasteiger partial charge in [0.25, 0.3) is 0 Å². The van der Waals surface area contributed by atoms with Gasteiger partial charge in [0, 0.05) is 5.69 Å². The molecule has 0 atom stereocenters. The third kappa shape index (κ3) is 5.33. The molecule has 0 aliphatic carbocycles. The van der Waals surface area contributed by atoms with Crippen molar-refractivity contribution < 1.29 is 9.53 Å². The Balaban J connectivity index is 1.74. The van der Waals surface area contributed by atoms with Crippen LogP contribution in [0.4, 0.5) is 10.5 Å². The number of ether oxygens (including phenoxy) is 1. The zero-order chi connectivity index (χ0) is 16.7. The minimum Gasteiger partial charge on any atom is -0.492 e. The Bertz CT molecular complexity index is 668. The van der Waals surface area contributed by atoms with Gasteiger partial charge in [0.1, 0.15) is 12.4 Å². The minimum atomic E-state index is -0.220. The zero-order valence-electron chi connectivity index (χ0n) is 14.0. The van der Waals surface area contributed by atoms with E-state index in [1.165, 1.54) is 11.1 Å². The van der Waals surface area contributed by atoms with Crippen LogP contribution < -0.4 is 15.4 Å². The highest BCUT2D eigenvalue weighted by Gasteiger charge is 2.04. The summed E-state index contributed by atoms with van der Waals surface area (Å²) >= 11 is 0. The molecule has 4 heteroatoms. The molecule has 2 amide bonds. The first kappa shape index (κ1) is 16.9. The molecule has 0 saturated heterocycles. The van der Waals surface area contributed by atoms with Crippen LogP contribution in [0.25, 0.3) is 0 Å². The van der Waals surface area contributed by atoms with E-state index < -0.39 is 0 Å². The largest absolute Gasteiger partial charge is 0.492 e. The van der Waals surface area contributed by atoms with Crippen LogP contribution in [-0.4, -0.2) is 19.2 Å². The van der Waals surface area contributed by atoms with Crippen LogP contribution in [0.3, 0.4) is 0 Å². The summed E-state index contributed by atoms with van der Waals surface area (Å²) in [4.78, 5) is 11.9. The number of carbonyl (C=O) groups is 1. The number of urea groups is 1. The quantitative estimate of drug-likeness (QED) is 0.790. The van der Waals surface area contributed by atoms with E-state index in [0.29, 0.717) is 13.2 Å². The molecule has 2 N–H and O–H groups in total. The number of benzene rings is 2. The molecule has 0 radical (unpaired) electrons. The summed E-state index contributed by atoms with van der Waals surface area (Å²) < 4.78 is 5.65. The molecule has 2 rings (SSSR count). The molecule has 23 heavy (non-hydrogen) atoms. The summed E-state index contributed by atoms with van der Waals surface area (Å²) in [6.07, 6.45) is 0.980. The Morgan fingerprint density at radius 3 is 2.70 bits per heavy atom. The number of amides is 2. The highest BCUT2D eigenvalue weighted by molar-refractivity contribution is 5.90. The van der Waals surface area contributed by atoms with E-state index in [1.807, 2.05) is 50.2 Å². The van der Waals surface area contributed by atoms with Gasteiger partial charge in [0.15, 0.2) is 0 Å². The average Bonchev–Trinajstić information content (AvgIpc) is 2.54. The van der Waals surface area contributed by atoms with E-state index >= 15 is 0 Å². The van der Waals surface area contributed by atoms with Crippen molar-refractivity contribution >= 4 is 11.7 Å². The predicted octanol–water partition coefficient (Wildman–Crippen LogP) is 4.07. The third-order valence-corrected chi connectivity index (χ3v) is 3.59. The van der Waals surface area contributed by atoms with Gasteiger partial charge in [-0.25, -0.2) is 4.79 Å². The maximum Gasteiger partial charge on any atom is 0.319 e. The summed E-state index contributed by atoms with van der Waals surface area (Å²) in [7, 11) is 0. The number of hydrogen-bond acceptors (Lipinski definition) is 2. The molecular weight excluding hydrogens is 288 g/mol. The summed E-state index contributed by atoms with van der Waals surface area (Å²) in [5.41, 5.74) is 4.29. The van der Waals surface area contributed by atoms with Crippen molar-refractivity contribution in [1.29, 1.82) is 0 Å². The lowest BCUT2D eigenvalue weighted by Gasteiger charge is -2.11. The lowest BCUT2D eigenvalue weighted by Crippen LogP contribution is -2.32. The van der Waals surface area contributed by atoms with Gasteiger partial charge >= 0.3 is 6.03 Å². The smallest absolute Gasteiger partial charge is 0.319 e. The maximum absolute atomic E-state index is 11.9. The molecular formula is C19H24N2O2. The van der Waals surface area contributed by atoms with Crippen molar-refractivity contribution in [2.24, 2.45) is 0 Å². The highest BCUT2D eigenvalue weighted by Crippen LogP contribution is 2.16. The van der Waals surface area contributed by atoms with Crippen molar-refractivity contribution in [3.8, 4) is 5.75 Å². The molecule has 0 aromatic heterocycles. The van der Waals surface area contributed by atoms with Gasteiger partial charge in [-0.05, 0) is 49.6 Å². The molecule has 0 fully saturated rings. The average molecular weight is 312 g/mol. The molecule has 0 bridgehead atoms. The van der Waals surface area contributed by atoms with E-state index in [1.54, 1.807) is 0 Å². The van der Waals surface area contributed by atoms with Crippen LogP contribution >= 0.6 is 0 Å². The van der Waals surface area contributed by atoms with Gasteiger partial charge in [-0.1, -0.05) is 36.8 Å². The fourth-order valence-electron chi connectivity index (χ4n) is 2.31. The SMILES string of the molecule is CCc1cccc(OCCNC(=O)Nc2ccc(C)cc2C)c1. The normalized spacial score (nSPS) is 10.2. The Labute approximate surface area is 137 Å². The molecule has 0 aliphatic rings. The second-order valence-corrected chi connectivity index (χ2v) is 5.55. The molecule has 4 nitrogen and oxygen atoms in total. The van der Waals surface area contributed by atoms with Gasteiger partial charge in [-0.3, -0.25) is 0 Å². The Morgan fingerprint density at radius 1 is 1.13 bits per heavy atom. The number of anilines is 1. The van der Waals surface area contributed by atoms with Crippen LogP contribution in [-0.2, 0) is 6.42 Å². The summed E-state index contributed by atoms with van der Waals surface area (Å²) in [5, 5.41) is 5.65. The van der Waals surface area contributed by atoms with Crippen molar-refractivity contribution in [3.05, 3.63) is 59.2 Å². The standard InChI is InChI=1S/C19H24N2O2/c1-4-16-6-5-7-17(13-16)23-11-10-20-19(22)21-18-9-8-14(2)12-15(18)3/h5-9,12-13H,4,10-11H2,1-3H3,(H2,20,21,22). The maximum atomic E-state index is 11.9. The fraction of sp³-hybridized carbons (Fsp3) is 0.316. The second-order valence-electron chi connectivity index (χ2n) is 5.55. The van der Waals surface area contributed by atoms with Crippen LogP contribution in [0.15, 0.2) is 42.5 Å². The Morgan fingerprint density at radius 2 is 1.96 bits per heavy atom. The lowest BCUT2D eigenvalue weighted by molar-refractivity contribution is 0.247. The topological polar surface area (TPSA) is 50.4 Å². The summed E-state index contributed by atoms with van der Waals surface area (Å²) in [6, 6.07) is 13.7. The van der Waals surface area contributed by atoms with Gasteiger partial charge in [0.2, 0.25) is 0 Å². The third-order valence-electron chi connectivity index (χ3n) is 3.59. The fourth-order valence-corrected chi connectivity index (χ4v) is 2.31. The molecule has 2 aromatic rings. The number of aryl methyl sites for hydroxylation is 3. The number of carbonyl (C=O) groups excluding carboxylic acids is 1. The van der Waals surface area contributed by atoms with E-state index in [0.717, 1.165) is 23.4 Å². The van der Waals surface area contributed by atoms with Crippen LogP contribution in [0, 0.1) is 13.8 Å². The second kappa shape index (κ2) is 8.22. The van der Waals surface area contributed by atoms with Crippen molar-refractivity contribution in [1.82, 2.24) is 5.32 Å². The molecule has 0 saturated carbocycles. The van der Waals surface area contributed by atoms with Crippen molar-refractivity contribution in [2.45, 2.75) is 27.2 Å². The molecule has 122 valence electrons. The highest BCUT2D eigenvalue weighted by atomic mass is 16.5. The minimum absolute atomic E-state index is 0.220. The Hall–Kier alpha value is -2.49. The van der Waals surface area contributed by atoms with Gasteiger partial charge in [0.05, 0.1) is 6.54 Å². The van der Waals surface area contributed by atoms with Crippen molar-refractivity contribution in [2.75, 3.05) is 18.5 Å². The Kier molecular flexibility index (Phi) is 6.03. The predicted molar refractivity (Wildman–Crippen MR) is 94.3 cm³/mol. The molecule has 2 aromatic carbocycles. The molecule has 0 spiro atoms. The summed E-state index contributed by atoms with van der Waals surface area (Å²) in [6.45, 7) is 7.01. The van der Waals surface area contributed by atoms with Crippen LogP contribution in [0.5, 0.6) is 5.75 Å². The lowest BCUT2D eigenvalue weighted by atomic mass is 10.1. The van der Waals surface area contributed by atoms with Gasteiger partial charge in [-0.2, -0.15) is 0 Å². The number of rotatable bonds is 6. The number of nitrogens with one attached hydrogen (secondary N) is 2. The van der Waals surface area contributed by atoms with E-state index in [2.05, 4.69) is 23.6 Å². The first-order valence-corrected chi connectivity index (χ1v) is 7.92. The monoisotopic (exact) mass is 312 g/mol. The van der Waals surface area contributed by atoms with Crippen LogP contribution in [0.1, 0.15) is 23.6 Å². The van der Waals surface area contributed by atoms with Crippen LogP contribution in [0.2, 0.25) is 0 Å². The van der Waals surface area contributed by atoms with Gasteiger partial charge < -0.3 is 15.4 Å². The summed E-state index contributed by atoms with van der Waals surface area (Å²) in [5.74, 6) is 0.834.